The molecule has 2 heteroatoms. The summed E-state index contributed by atoms with van der Waals surface area (Å²) in [6, 6.07) is 1.69. The molecule has 0 amide bonds. The molecule has 1 aliphatic rings. The Balaban J connectivity index is 2.67. The molecule has 0 fully saturated rings. The van der Waals surface area contributed by atoms with Crippen molar-refractivity contribution in [3.05, 3.63) is 22.8 Å². The fraction of sp³-hybridized carbons (Fsp3) is 0.600. The Kier molecular flexibility index (Phi) is 3.07. The molecule has 2 rings (SSSR count). The van der Waals surface area contributed by atoms with Crippen LogP contribution in [-0.4, -0.2) is 10.2 Å². The van der Waals surface area contributed by atoms with Gasteiger partial charge in [0.25, 0.3) is 0 Å². The molecule has 2 atom stereocenters. The van der Waals surface area contributed by atoms with Crippen LogP contribution in [0.4, 0.5) is 0 Å². The summed E-state index contributed by atoms with van der Waals surface area (Å²) in [7, 11) is 0. The van der Waals surface area contributed by atoms with Crippen molar-refractivity contribution < 1.29 is 10.2 Å². The Bertz CT molecular complexity index is 435. The molecule has 2 N–H and O–H groups in total. The molecule has 0 aromatic heterocycles. The van der Waals surface area contributed by atoms with Crippen molar-refractivity contribution in [1.29, 1.82) is 0 Å². The summed E-state index contributed by atoms with van der Waals surface area (Å²) in [4.78, 5) is 0. The quantitative estimate of drug-likeness (QED) is 0.720. The molecule has 0 unspecified atom stereocenters. The highest BCUT2D eigenvalue weighted by Gasteiger charge is 2.32. The van der Waals surface area contributed by atoms with Gasteiger partial charge in [0, 0.05) is 11.1 Å². The summed E-state index contributed by atoms with van der Waals surface area (Å²) in [5.41, 5.74) is 2.75. The van der Waals surface area contributed by atoms with Crippen molar-refractivity contribution in [3.63, 3.8) is 0 Å². The SMILES string of the molecule is Cc1cc(O)c2c(c1O)[C@@H](C(C)C)CC[C@@H]2C. The number of fused-ring (bicyclic) bond motifs is 1. The minimum Gasteiger partial charge on any atom is -0.508 e. The zero-order valence-electron chi connectivity index (χ0n) is 11.1. The first-order valence-electron chi connectivity index (χ1n) is 6.48. The minimum atomic E-state index is 0.339. The van der Waals surface area contributed by atoms with Crippen LogP contribution < -0.4 is 0 Å². The number of hydrogen-bond donors (Lipinski definition) is 2. The Morgan fingerprint density at radius 3 is 2.41 bits per heavy atom. The predicted molar refractivity (Wildman–Crippen MR) is 69.7 cm³/mol. The number of hydrogen-bond acceptors (Lipinski definition) is 2. The number of aryl methyl sites for hydroxylation is 1. The van der Waals surface area contributed by atoms with Crippen molar-refractivity contribution in [1.82, 2.24) is 0 Å². The van der Waals surface area contributed by atoms with Gasteiger partial charge in [-0.25, -0.2) is 0 Å². The van der Waals surface area contributed by atoms with Crippen LogP contribution in [0.2, 0.25) is 0 Å². The molecule has 0 bridgehead atoms. The molecule has 0 saturated heterocycles. The number of aromatic hydroxyl groups is 2. The van der Waals surface area contributed by atoms with Gasteiger partial charge in [-0.15, -0.1) is 0 Å². The summed E-state index contributed by atoms with van der Waals surface area (Å²) in [6.45, 7) is 8.35. The van der Waals surface area contributed by atoms with E-state index in [1.165, 1.54) is 0 Å². The largest absolute Gasteiger partial charge is 0.508 e. The monoisotopic (exact) mass is 234 g/mol. The highest BCUT2D eigenvalue weighted by atomic mass is 16.3. The van der Waals surface area contributed by atoms with E-state index in [0.29, 0.717) is 29.3 Å². The fourth-order valence-corrected chi connectivity index (χ4v) is 3.11. The highest BCUT2D eigenvalue weighted by Crippen LogP contribution is 2.50. The van der Waals surface area contributed by atoms with Gasteiger partial charge in [-0.3, -0.25) is 0 Å². The first kappa shape index (κ1) is 12.3. The zero-order valence-corrected chi connectivity index (χ0v) is 11.1. The maximum atomic E-state index is 10.3. The van der Waals surface area contributed by atoms with Crippen LogP contribution in [-0.2, 0) is 0 Å². The molecular weight excluding hydrogens is 212 g/mol. The van der Waals surface area contributed by atoms with Crippen molar-refractivity contribution in [2.45, 2.75) is 52.4 Å². The minimum absolute atomic E-state index is 0.339. The Morgan fingerprint density at radius 2 is 1.82 bits per heavy atom. The maximum absolute atomic E-state index is 10.3. The third-order valence-electron chi connectivity index (χ3n) is 4.13. The van der Waals surface area contributed by atoms with Gasteiger partial charge in [-0.05, 0) is 49.1 Å². The molecule has 1 aromatic rings. The molecule has 0 radical (unpaired) electrons. The van der Waals surface area contributed by atoms with Crippen LogP contribution in [0.5, 0.6) is 11.5 Å². The summed E-state index contributed by atoms with van der Waals surface area (Å²) in [5, 5.41) is 20.4. The second-order valence-corrected chi connectivity index (χ2v) is 5.72. The Morgan fingerprint density at radius 1 is 1.18 bits per heavy atom. The lowest BCUT2D eigenvalue weighted by atomic mass is 9.72. The van der Waals surface area contributed by atoms with E-state index in [4.69, 9.17) is 0 Å². The van der Waals surface area contributed by atoms with Gasteiger partial charge in [-0.1, -0.05) is 20.8 Å². The van der Waals surface area contributed by atoms with E-state index in [1.54, 1.807) is 6.07 Å². The van der Waals surface area contributed by atoms with Crippen LogP contribution in [0.25, 0.3) is 0 Å². The molecule has 17 heavy (non-hydrogen) atoms. The lowest BCUT2D eigenvalue weighted by Gasteiger charge is -2.33. The molecular formula is C15H22O2. The second-order valence-electron chi connectivity index (χ2n) is 5.72. The first-order valence-corrected chi connectivity index (χ1v) is 6.48. The lowest BCUT2D eigenvalue weighted by molar-refractivity contribution is 0.367. The van der Waals surface area contributed by atoms with E-state index >= 15 is 0 Å². The van der Waals surface area contributed by atoms with E-state index in [-0.39, 0.29) is 0 Å². The van der Waals surface area contributed by atoms with Crippen molar-refractivity contribution in [2.24, 2.45) is 5.92 Å². The molecule has 1 aromatic carbocycles. The van der Waals surface area contributed by atoms with Crippen LogP contribution >= 0.6 is 0 Å². The zero-order chi connectivity index (χ0) is 12.7. The average molecular weight is 234 g/mol. The van der Waals surface area contributed by atoms with E-state index in [9.17, 15) is 10.2 Å². The fourth-order valence-electron chi connectivity index (χ4n) is 3.11. The number of phenols is 2. The number of phenolic OH excluding ortho intramolecular Hbond substituents is 2. The topological polar surface area (TPSA) is 40.5 Å². The van der Waals surface area contributed by atoms with E-state index in [1.807, 2.05) is 6.92 Å². The molecule has 0 spiro atoms. The average Bonchev–Trinajstić information content (AvgIpc) is 2.25. The summed E-state index contributed by atoms with van der Waals surface area (Å²) in [6.07, 6.45) is 2.19. The summed E-state index contributed by atoms with van der Waals surface area (Å²) < 4.78 is 0. The van der Waals surface area contributed by atoms with E-state index < -0.39 is 0 Å². The van der Waals surface area contributed by atoms with Crippen LogP contribution in [0.3, 0.4) is 0 Å². The smallest absolute Gasteiger partial charge is 0.122 e. The normalized spacial score (nSPS) is 23.8. The van der Waals surface area contributed by atoms with Gasteiger partial charge in [-0.2, -0.15) is 0 Å². The molecule has 2 nitrogen and oxygen atoms in total. The Labute approximate surface area is 103 Å². The Hall–Kier alpha value is -1.18. The molecule has 0 heterocycles. The van der Waals surface area contributed by atoms with Crippen LogP contribution in [0, 0.1) is 12.8 Å². The standard InChI is InChI=1S/C15H22O2/c1-8(2)11-6-5-9(3)13-12(16)7-10(4)15(17)14(11)13/h7-9,11,16-17H,5-6H2,1-4H3/t9-,11+/m0/s1. The van der Waals surface area contributed by atoms with Crippen LogP contribution in [0.15, 0.2) is 6.07 Å². The van der Waals surface area contributed by atoms with E-state index in [2.05, 4.69) is 20.8 Å². The van der Waals surface area contributed by atoms with Gasteiger partial charge in [0.2, 0.25) is 0 Å². The van der Waals surface area contributed by atoms with Crippen molar-refractivity contribution >= 4 is 0 Å². The van der Waals surface area contributed by atoms with Gasteiger partial charge < -0.3 is 10.2 Å². The third-order valence-corrected chi connectivity index (χ3v) is 4.13. The molecule has 94 valence electrons. The first-order chi connectivity index (χ1) is 7.93. The van der Waals surface area contributed by atoms with Crippen molar-refractivity contribution in [3.8, 4) is 11.5 Å². The van der Waals surface area contributed by atoms with E-state index in [0.717, 1.165) is 29.5 Å². The maximum Gasteiger partial charge on any atom is 0.122 e. The second kappa shape index (κ2) is 4.25. The third kappa shape index (κ3) is 1.90. The predicted octanol–water partition coefficient (Wildman–Crippen LogP) is 4.04. The number of rotatable bonds is 1. The summed E-state index contributed by atoms with van der Waals surface area (Å²) >= 11 is 0. The van der Waals surface area contributed by atoms with Gasteiger partial charge in [0.15, 0.2) is 0 Å². The van der Waals surface area contributed by atoms with Crippen molar-refractivity contribution in [2.75, 3.05) is 0 Å². The highest BCUT2D eigenvalue weighted by molar-refractivity contribution is 5.56. The molecule has 0 saturated carbocycles. The molecule has 0 aliphatic heterocycles. The molecule has 1 aliphatic carbocycles. The number of benzene rings is 1. The van der Waals surface area contributed by atoms with Gasteiger partial charge in [0.05, 0.1) is 0 Å². The van der Waals surface area contributed by atoms with Crippen LogP contribution in [0.1, 0.15) is 62.1 Å². The summed E-state index contributed by atoms with van der Waals surface area (Å²) in [5.74, 6) is 1.95. The lowest BCUT2D eigenvalue weighted by Crippen LogP contribution is -2.17. The van der Waals surface area contributed by atoms with Gasteiger partial charge >= 0.3 is 0 Å². The van der Waals surface area contributed by atoms with Gasteiger partial charge in [0.1, 0.15) is 11.5 Å².